The second kappa shape index (κ2) is 7.53. The van der Waals surface area contributed by atoms with Gasteiger partial charge in [0, 0.05) is 6.42 Å². The van der Waals surface area contributed by atoms with Crippen LogP contribution >= 0.6 is 0 Å². The van der Waals surface area contributed by atoms with Gasteiger partial charge in [0.2, 0.25) is 0 Å². The van der Waals surface area contributed by atoms with Gasteiger partial charge in [0.05, 0.1) is 0 Å². The molecule has 2 heteroatoms. The molecule has 0 unspecified atom stereocenters. The van der Waals surface area contributed by atoms with Crippen LogP contribution in [-0.4, -0.2) is 14.2 Å². The van der Waals surface area contributed by atoms with Gasteiger partial charge in [-0.25, -0.2) is 0 Å². The molecular weight excluding hydrogens is 164 g/mol. The van der Waals surface area contributed by atoms with Gasteiger partial charge in [-0.15, -0.1) is 0 Å². The summed E-state index contributed by atoms with van der Waals surface area (Å²) in [5, 5.41) is 0.525. The molecule has 0 aliphatic heterocycles. The Labute approximate surface area is 78.2 Å². The van der Waals surface area contributed by atoms with Crippen LogP contribution in [0.4, 0.5) is 0 Å². The molecule has 0 aromatic heterocycles. The summed E-state index contributed by atoms with van der Waals surface area (Å²) in [4.78, 5) is 11.2. The standard InChI is InChI=1S/C10H21OSi/c1-4-5-6-7-8-9-10(11)12(2)3/h4-9H2,1-3H3. The lowest BCUT2D eigenvalue weighted by molar-refractivity contribution is -0.112. The number of unbranched alkanes of at least 4 members (excludes halogenated alkanes) is 4. The van der Waals surface area contributed by atoms with Crippen molar-refractivity contribution in [3.63, 3.8) is 0 Å². The van der Waals surface area contributed by atoms with Crippen LogP contribution in [0.25, 0.3) is 0 Å². The van der Waals surface area contributed by atoms with Crippen molar-refractivity contribution in [1.82, 2.24) is 0 Å². The third kappa shape index (κ3) is 6.59. The van der Waals surface area contributed by atoms with E-state index in [-0.39, 0.29) is 0 Å². The Bertz CT molecular complexity index is 121. The first-order valence-corrected chi connectivity index (χ1v) is 7.51. The van der Waals surface area contributed by atoms with Crippen molar-refractivity contribution in [3.05, 3.63) is 0 Å². The molecule has 0 amide bonds. The van der Waals surface area contributed by atoms with Crippen LogP contribution in [0.1, 0.15) is 45.4 Å². The van der Waals surface area contributed by atoms with Crippen molar-refractivity contribution in [2.75, 3.05) is 0 Å². The van der Waals surface area contributed by atoms with Crippen LogP contribution in [0.15, 0.2) is 0 Å². The molecular formula is C10H21OSi. The lowest BCUT2D eigenvalue weighted by atomic mass is 10.1. The molecule has 0 aromatic rings. The van der Waals surface area contributed by atoms with Gasteiger partial charge in [0.1, 0.15) is 14.2 Å². The van der Waals surface area contributed by atoms with Crippen LogP contribution in [0.3, 0.4) is 0 Å². The molecule has 0 saturated heterocycles. The Balaban J connectivity index is 3.14. The van der Waals surface area contributed by atoms with E-state index < -0.39 is 8.80 Å². The van der Waals surface area contributed by atoms with E-state index in [4.69, 9.17) is 0 Å². The van der Waals surface area contributed by atoms with E-state index in [2.05, 4.69) is 20.0 Å². The zero-order valence-electron chi connectivity index (χ0n) is 8.65. The van der Waals surface area contributed by atoms with E-state index >= 15 is 0 Å². The maximum Gasteiger partial charge on any atom is 0.128 e. The van der Waals surface area contributed by atoms with Gasteiger partial charge >= 0.3 is 0 Å². The largest absolute Gasteiger partial charge is 0.306 e. The van der Waals surface area contributed by atoms with E-state index in [9.17, 15) is 4.79 Å². The maximum absolute atomic E-state index is 11.2. The van der Waals surface area contributed by atoms with Crippen molar-refractivity contribution >= 4 is 14.2 Å². The normalized spacial score (nSPS) is 10.7. The summed E-state index contributed by atoms with van der Waals surface area (Å²) in [6.07, 6.45) is 7.11. The summed E-state index contributed by atoms with van der Waals surface area (Å²) < 4.78 is 0. The Morgan fingerprint density at radius 3 is 2.17 bits per heavy atom. The van der Waals surface area contributed by atoms with E-state index in [1.165, 1.54) is 25.7 Å². The summed E-state index contributed by atoms with van der Waals surface area (Å²) in [5.41, 5.74) is 0. The summed E-state index contributed by atoms with van der Waals surface area (Å²) in [6.45, 7) is 6.38. The van der Waals surface area contributed by atoms with E-state index in [1.807, 2.05) is 0 Å². The smallest absolute Gasteiger partial charge is 0.128 e. The Hall–Kier alpha value is -0.113. The summed E-state index contributed by atoms with van der Waals surface area (Å²) in [6, 6.07) is 0. The van der Waals surface area contributed by atoms with Gasteiger partial charge < -0.3 is 4.79 Å². The van der Waals surface area contributed by atoms with E-state index in [0.717, 1.165) is 12.8 Å². The summed E-state index contributed by atoms with van der Waals surface area (Å²) >= 11 is 0. The van der Waals surface area contributed by atoms with Crippen molar-refractivity contribution in [2.24, 2.45) is 0 Å². The third-order valence-corrected chi connectivity index (χ3v) is 3.43. The first-order chi connectivity index (χ1) is 5.68. The minimum atomic E-state index is -0.644. The highest BCUT2D eigenvalue weighted by Crippen LogP contribution is 2.05. The lowest BCUT2D eigenvalue weighted by Crippen LogP contribution is -2.16. The van der Waals surface area contributed by atoms with Crippen LogP contribution in [-0.2, 0) is 4.79 Å². The molecule has 0 spiro atoms. The number of carbonyl (C=O) groups is 1. The van der Waals surface area contributed by atoms with Gasteiger partial charge in [-0.3, -0.25) is 0 Å². The highest BCUT2D eigenvalue weighted by molar-refractivity contribution is 6.88. The lowest BCUT2D eigenvalue weighted by Gasteiger charge is -2.01. The number of rotatable bonds is 7. The van der Waals surface area contributed by atoms with Crippen LogP contribution < -0.4 is 0 Å². The summed E-state index contributed by atoms with van der Waals surface area (Å²) in [5.74, 6) is 0. The third-order valence-electron chi connectivity index (χ3n) is 2.07. The molecule has 0 aromatic carbocycles. The van der Waals surface area contributed by atoms with Gasteiger partial charge in [0.15, 0.2) is 0 Å². The minimum Gasteiger partial charge on any atom is -0.306 e. The first kappa shape index (κ1) is 11.9. The Morgan fingerprint density at radius 2 is 1.67 bits per heavy atom. The van der Waals surface area contributed by atoms with Crippen LogP contribution in [0, 0.1) is 0 Å². The molecule has 1 radical (unpaired) electrons. The Kier molecular flexibility index (Phi) is 7.46. The fourth-order valence-electron chi connectivity index (χ4n) is 1.14. The van der Waals surface area contributed by atoms with Crippen LogP contribution in [0.2, 0.25) is 13.1 Å². The molecule has 0 heterocycles. The molecule has 0 N–H and O–H groups in total. The molecule has 0 rings (SSSR count). The van der Waals surface area contributed by atoms with Gasteiger partial charge in [-0.2, -0.15) is 0 Å². The fraction of sp³-hybridized carbons (Fsp3) is 0.900. The second-order valence-corrected chi connectivity index (χ2v) is 6.15. The van der Waals surface area contributed by atoms with Gasteiger partial charge in [0.25, 0.3) is 0 Å². The molecule has 0 aliphatic rings. The predicted molar refractivity (Wildman–Crippen MR) is 55.9 cm³/mol. The van der Waals surface area contributed by atoms with Crippen LogP contribution in [0.5, 0.6) is 0 Å². The minimum absolute atomic E-state index is 0.525. The summed E-state index contributed by atoms with van der Waals surface area (Å²) in [7, 11) is -0.644. The number of hydrogen-bond donors (Lipinski definition) is 0. The quantitative estimate of drug-likeness (QED) is 0.440. The molecule has 0 saturated carbocycles. The second-order valence-electron chi connectivity index (χ2n) is 3.59. The molecule has 71 valence electrons. The SMILES string of the molecule is CCCCCCCC(=O)[Si](C)C. The fourth-order valence-corrected chi connectivity index (χ4v) is 1.82. The highest BCUT2D eigenvalue weighted by atomic mass is 28.3. The topological polar surface area (TPSA) is 17.1 Å². The highest BCUT2D eigenvalue weighted by Gasteiger charge is 2.07. The number of carbonyl (C=O) groups excluding carboxylic acids is 1. The molecule has 0 atom stereocenters. The molecule has 0 aliphatic carbocycles. The van der Waals surface area contributed by atoms with Crippen molar-refractivity contribution in [3.8, 4) is 0 Å². The monoisotopic (exact) mass is 185 g/mol. The maximum atomic E-state index is 11.2. The zero-order valence-corrected chi connectivity index (χ0v) is 9.65. The van der Waals surface area contributed by atoms with E-state index in [1.54, 1.807) is 0 Å². The van der Waals surface area contributed by atoms with E-state index in [0.29, 0.717) is 5.41 Å². The molecule has 0 fully saturated rings. The number of hydrogen-bond acceptors (Lipinski definition) is 1. The van der Waals surface area contributed by atoms with Crippen molar-refractivity contribution < 1.29 is 4.79 Å². The van der Waals surface area contributed by atoms with Crippen molar-refractivity contribution in [1.29, 1.82) is 0 Å². The molecule has 1 nitrogen and oxygen atoms in total. The van der Waals surface area contributed by atoms with Gasteiger partial charge in [-0.05, 0) is 6.42 Å². The Morgan fingerprint density at radius 1 is 1.08 bits per heavy atom. The average Bonchev–Trinajstić information content (AvgIpc) is 2.03. The first-order valence-electron chi connectivity index (χ1n) is 5.01. The molecule has 0 bridgehead atoms. The zero-order chi connectivity index (χ0) is 9.40. The van der Waals surface area contributed by atoms with Crippen molar-refractivity contribution in [2.45, 2.75) is 58.5 Å². The predicted octanol–water partition coefficient (Wildman–Crippen LogP) is 3.21. The van der Waals surface area contributed by atoms with Gasteiger partial charge in [-0.1, -0.05) is 45.7 Å². The average molecular weight is 185 g/mol. The molecule has 12 heavy (non-hydrogen) atoms.